The van der Waals surface area contributed by atoms with Crippen molar-refractivity contribution in [3.8, 4) is 6.07 Å². The van der Waals surface area contributed by atoms with E-state index in [-0.39, 0.29) is 0 Å². The molecule has 0 unspecified atom stereocenters. The first-order valence-corrected chi connectivity index (χ1v) is 3.87. The van der Waals surface area contributed by atoms with Gasteiger partial charge < -0.3 is 0 Å². The standard InChI is InChI=1S/C7H2ClF2N3O2/c8-6-3(1-11)5(7(9)10)4(2-12-6)13(14)15/h2,7H. The van der Waals surface area contributed by atoms with E-state index < -0.39 is 33.3 Å². The molecule has 0 aliphatic heterocycles. The first-order chi connectivity index (χ1) is 6.99. The van der Waals surface area contributed by atoms with Crippen LogP contribution in [0.4, 0.5) is 14.5 Å². The largest absolute Gasteiger partial charge is 0.297 e. The monoisotopic (exact) mass is 233 g/mol. The number of aromatic nitrogens is 1. The molecule has 1 aromatic rings. The molecular formula is C7H2ClF2N3O2. The number of nitro groups is 1. The number of rotatable bonds is 2. The average Bonchev–Trinajstić information content (AvgIpc) is 2.16. The van der Waals surface area contributed by atoms with Gasteiger partial charge in [0.2, 0.25) is 0 Å². The molecule has 5 nitrogen and oxygen atoms in total. The summed E-state index contributed by atoms with van der Waals surface area (Å²) in [5, 5.41) is 18.4. The van der Waals surface area contributed by atoms with Gasteiger partial charge in [0.15, 0.2) is 0 Å². The molecule has 0 atom stereocenters. The maximum absolute atomic E-state index is 12.5. The highest BCUT2D eigenvalue weighted by atomic mass is 35.5. The number of alkyl halides is 2. The fourth-order valence-corrected chi connectivity index (χ4v) is 1.16. The summed E-state index contributed by atoms with van der Waals surface area (Å²) in [7, 11) is 0. The second-order valence-corrected chi connectivity index (χ2v) is 2.75. The third-order valence-corrected chi connectivity index (χ3v) is 1.87. The van der Waals surface area contributed by atoms with E-state index in [0.29, 0.717) is 6.20 Å². The number of halogens is 3. The van der Waals surface area contributed by atoms with Crippen LogP contribution >= 0.6 is 11.6 Å². The second-order valence-electron chi connectivity index (χ2n) is 2.39. The van der Waals surface area contributed by atoms with E-state index >= 15 is 0 Å². The van der Waals surface area contributed by atoms with Gasteiger partial charge in [-0.25, -0.2) is 13.8 Å². The average molecular weight is 234 g/mol. The Labute approximate surface area is 87.1 Å². The summed E-state index contributed by atoms with van der Waals surface area (Å²) in [5.41, 5.74) is -2.57. The van der Waals surface area contributed by atoms with E-state index in [4.69, 9.17) is 16.9 Å². The summed E-state index contributed by atoms with van der Waals surface area (Å²) in [4.78, 5) is 12.6. The molecule has 0 aliphatic rings. The molecule has 0 saturated carbocycles. The highest BCUT2D eigenvalue weighted by Gasteiger charge is 2.28. The minimum absolute atomic E-state index is 0.474. The molecule has 1 aromatic heterocycles. The van der Waals surface area contributed by atoms with E-state index in [1.165, 1.54) is 6.07 Å². The number of nitrogens with zero attached hydrogens (tertiary/aromatic N) is 3. The number of hydrogen-bond acceptors (Lipinski definition) is 4. The summed E-state index contributed by atoms with van der Waals surface area (Å²) < 4.78 is 24.9. The topological polar surface area (TPSA) is 79.8 Å². The van der Waals surface area contributed by atoms with E-state index in [1.807, 2.05) is 0 Å². The molecule has 0 spiro atoms. The number of hydrogen-bond donors (Lipinski definition) is 0. The van der Waals surface area contributed by atoms with Crippen LogP contribution in [0.15, 0.2) is 6.20 Å². The van der Waals surface area contributed by atoms with Gasteiger partial charge in [-0.15, -0.1) is 0 Å². The van der Waals surface area contributed by atoms with Crippen molar-refractivity contribution >= 4 is 17.3 Å². The summed E-state index contributed by atoms with van der Waals surface area (Å²) in [6.07, 6.45) is -2.55. The lowest BCUT2D eigenvalue weighted by atomic mass is 10.1. The van der Waals surface area contributed by atoms with Gasteiger partial charge in [0.1, 0.15) is 28.5 Å². The maximum Gasteiger partial charge on any atom is 0.297 e. The Bertz CT molecular complexity index is 458. The lowest BCUT2D eigenvalue weighted by molar-refractivity contribution is -0.386. The van der Waals surface area contributed by atoms with Gasteiger partial charge in [-0.2, -0.15) is 5.26 Å². The summed E-state index contributed by atoms with van der Waals surface area (Å²) in [5.74, 6) is 0. The Morgan fingerprint density at radius 1 is 1.67 bits per heavy atom. The van der Waals surface area contributed by atoms with Crippen molar-refractivity contribution in [2.24, 2.45) is 0 Å². The van der Waals surface area contributed by atoms with Gasteiger partial charge in [0.05, 0.1) is 4.92 Å². The summed E-state index contributed by atoms with van der Waals surface area (Å²) in [6, 6.07) is 1.36. The van der Waals surface area contributed by atoms with Crippen molar-refractivity contribution in [1.29, 1.82) is 5.26 Å². The van der Waals surface area contributed by atoms with Crippen LogP contribution in [0.3, 0.4) is 0 Å². The van der Waals surface area contributed by atoms with E-state index in [9.17, 15) is 18.9 Å². The third kappa shape index (κ3) is 1.99. The molecule has 1 heterocycles. The van der Waals surface area contributed by atoms with Crippen LogP contribution in [0.2, 0.25) is 5.15 Å². The molecular weight excluding hydrogens is 232 g/mol. The molecule has 0 N–H and O–H groups in total. The predicted octanol–water partition coefficient (Wildman–Crippen LogP) is 2.45. The second kappa shape index (κ2) is 4.14. The van der Waals surface area contributed by atoms with Gasteiger partial charge in [-0.3, -0.25) is 10.1 Å². The van der Waals surface area contributed by atoms with Crippen LogP contribution in [-0.4, -0.2) is 9.91 Å². The molecule has 0 amide bonds. The Balaban J connectivity index is 3.58. The van der Waals surface area contributed by atoms with Gasteiger partial charge in [-0.05, 0) is 0 Å². The predicted molar refractivity (Wildman–Crippen MR) is 45.6 cm³/mol. The highest BCUT2D eigenvalue weighted by Crippen LogP contribution is 2.33. The molecule has 8 heteroatoms. The van der Waals surface area contributed by atoms with Crippen molar-refractivity contribution in [2.45, 2.75) is 6.43 Å². The van der Waals surface area contributed by atoms with Gasteiger partial charge in [0.25, 0.3) is 12.1 Å². The lowest BCUT2D eigenvalue weighted by Crippen LogP contribution is -2.01. The highest BCUT2D eigenvalue weighted by molar-refractivity contribution is 6.30. The Hall–Kier alpha value is -1.81. The maximum atomic E-state index is 12.5. The number of pyridine rings is 1. The van der Waals surface area contributed by atoms with Gasteiger partial charge in [0, 0.05) is 0 Å². The zero-order chi connectivity index (χ0) is 11.6. The van der Waals surface area contributed by atoms with E-state index in [2.05, 4.69) is 4.98 Å². The van der Waals surface area contributed by atoms with Gasteiger partial charge >= 0.3 is 0 Å². The third-order valence-electron chi connectivity index (χ3n) is 1.58. The molecule has 78 valence electrons. The molecule has 15 heavy (non-hydrogen) atoms. The normalized spacial score (nSPS) is 10.1. The smallest absolute Gasteiger partial charge is 0.258 e. The molecule has 0 radical (unpaired) electrons. The lowest BCUT2D eigenvalue weighted by Gasteiger charge is -2.04. The zero-order valence-electron chi connectivity index (χ0n) is 6.95. The zero-order valence-corrected chi connectivity index (χ0v) is 7.70. The van der Waals surface area contributed by atoms with Gasteiger partial charge in [-0.1, -0.05) is 11.6 Å². The van der Waals surface area contributed by atoms with Crippen molar-refractivity contribution in [3.63, 3.8) is 0 Å². The van der Waals surface area contributed by atoms with Crippen molar-refractivity contribution < 1.29 is 13.7 Å². The first kappa shape index (κ1) is 11.3. The Morgan fingerprint density at radius 2 is 2.27 bits per heavy atom. The molecule has 0 saturated heterocycles. The fraction of sp³-hybridized carbons (Fsp3) is 0.143. The van der Waals surface area contributed by atoms with Crippen molar-refractivity contribution in [2.75, 3.05) is 0 Å². The fourth-order valence-electron chi connectivity index (χ4n) is 0.964. The summed E-state index contributed by atoms with van der Waals surface area (Å²) >= 11 is 5.36. The van der Waals surface area contributed by atoms with Crippen LogP contribution < -0.4 is 0 Å². The SMILES string of the molecule is N#Cc1c(Cl)ncc([N+](=O)[O-])c1C(F)F. The Kier molecular flexibility index (Phi) is 3.11. The number of nitriles is 1. The molecule has 0 aromatic carbocycles. The molecule has 1 rings (SSSR count). The van der Waals surface area contributed by atoms with Crippen LogP contribution in [0, 0.1) is 21.4 Å². The minimum atomic E-state index is -3.15. The van der Waals surface area contributed by atoms with E-state index in [0.717, 1.165) is 0 Å². The molecule has 0 aliphatic carbocycles. The molecule has 0 fully saturated rings. The van der Waals surface area contributed by atoms with Crippen LogP contribution in [0.25, 0.3) is 0 Å². The van der Waals surface area contributed by atoms with Crippen LogP contribution in [-0.2, 0) is 0 Å². The first-order valence-electron chi connectivity index (χ1n) is 3.50. The minimum Gasteiger partial charge on any atom is -0.258 e. The van der Waals surface area contributed by atoms with Crippen LogP contribution in [0.5, 0.6) is 0 Å². The van der Waals surface area contributed by atoms with Crippen molar-refractivity contribution in [3.05, 3.63) is 32.6 Å². The Morgan fingerprint density at radius 3 is 2.67 bits per heavy atom. The van der Waals surface area contributed by atoms with Crippen molar-refractivity contribution in [1.82, 2.24) is 4.98 Å². The molecule has 0 bridgehead atoms. The quantitative estimate of drug-likeness (QED) is 0.446. The summed E-state index contributed by atoms with van der Waals surface area (Å²) in [6.45, 7) is 0. The van der Waals surface area contributed by atoms with E-state index in [1.54, 1.807) is 0 Å². The van der Waals surface area contributed by atoms with Crippen LogP contribution in [0.1, 0.15) is 17.6 Å².